The first-order valence-electron chi connectivity index (χ1n) is 3.70. The van der Waals surface area contributed by atoms with Gasteiger partial charge in [-0.05, 0) is 6.92 Å². The summed E-state index contributed by atoms with van der Waals surface area (Å²) in [5.74, 6) is 1.31. The van der Waals surface area contributed by atoms with Gasteiger partial charge in [0.15, 0.2) is 0 Å². The number of aromatic nitrogens is 4. The summed E-state index contributed by atoms with van der Waals surface area (Å²) in [6, 6.07) is 0. The number of imidazole rings is 1. The molecule has 0 saturated heterocycles. The highest BCUT2D eigenvalue weighted by Crippen LogP contribution is 2.16. The predicted octanol–water partition coefficient (Wildman–Crippen LogP) is 1.77. The van der Waals surface area contributed by atoms with E-state index < -0.39 is 0 Å². The molecule has 13 heavy (non-hydrogen) atoms. The van der Waals surface area contributed by atoms with Crippen LogP contribution >= 0.6 is 22.9 Å². The Morgan fingerprint density at radius 2 is 2.38 bits per heavy atom. The van der Waals surface area contributed by atoms with Crippen molar-refractivity contribution in [3.63, 3.8) is 0 Å². The topological polar surface area (TPSA) is 43.6 Å². The summed E-state index contributed by atoms with van der Waals surface area (Å²) in [5, 5.41) is 9.55. The molecule has 2 heterocycles. The van der Waals surface area contributed by atoms with Gasteiger partial charge in [-0.15, -0.1) is 21.8 Å². The zero-order chi connectivity index (χ0) is 9.26. The maximum absolute atomic E-state index is 5.62. The van der Waals surface area contributed by atoms with Crippen molar-refractivity contribution in [3.05, 3.63) is 23.2 Å². The predicted molar refractivity (Wildman–Crippen MR) is 51.3 cm³/mol. The Morgan fingerprint density at radius 3 is 2.92 bits per heavy atom. The molecule has 0 aliphatic carbocycles. The number of nitrogens with zero attached hydrogens (tertiary/aromatic N) is 4. The first-order chi connectivity index (χ1) is 6.31. The van der Waals surface area contributed by atoms with Crippen LogP contribution in [0.25, 0.3) is 5.13 Å². The SMILES string of the molecule is Cc1nccn1-c1nnc(CCl)s1. The van der Waals surface area contributed by atoms with Crippen molar-refractivity contribution in [3.8, 4) is 5.13 Å². The van der Waals surface area contributed by atoms with Crippen LogP contribution in [0.15, 0.2) is 12.4 Å². The van der Waals surface area contributed by atoms with Crippen LogP contribution in [0.5, 0.6) is 0 Å². The fraction of sp³-hybridized carbons (Fsp3) is 0.286. The molecular weight excluding hydrogens is 208 g/mol. The van der Waals surface area contributed by atoms with Crippen LogP contribution in [-0.4, -0.2) is 19.7 Å². The molecule has 0 unspecified atom stereocenters. The number of alkyl halides is 1. The van der Waals surface area contributed by atoms with Gasteiger partial charge < -0.3 is 0 Å². The molecule has 2 aromatic heterocycles. The van der Waals surface area contributed by atoms with Gasteiger partial charge in [-0.1, -0.05) is 11.3 Å². The fourth-order valence-electron chi connectivity index (χ4n) is 0.976. The lowest BCUT2D eigenvalue weighted by molar-refractivity contribution is 0.913. The second kappa shape index (κ2) is 3.43. The van der Waals surface area contributed by atoms with Crippen molar-refractivity contribution in [1.29, 1.82) is 0 Å². The highest BCUT2D eigenvalue weighted by atomic mass is 35.5. The third-order valence-corrected chi connectivity index (χ3v) is 2.94. The van der Waals surface area contributed by atoms with E-state index in [2.05, 4.69) is 15.2 Å². The van der Waals surface area contributed by atoms with Gasteiger partial charge in [-0.25, -0.2) is 4.98 Å². The van der Waals surface area contributed by atoms with E-state index in [0.29, 0.717) is 5.88 Å². The molecule has 2 rings (SSSR count). The third kappa shape index (κ3) is 1.57. The summed E-state index contributed by atoms with van der Waals surface area (Å²) in [6.45, 7) is 1.92. The molecule has 0 aromatic carbocycles. The monoisotopic (exact) mass is 214 g/mol. The number of rotatable bonds is 2. The van der Waals surface area contributed by atoms with Crippen LogP contribution in [0.2, 0.25) is 0 Å². The van der Waals surface area contributed by atoms with E-state index in [1.54, 1.807) is 6.20 Å². The highest BCUT2D eigenvalue weighted by molar-refractivity contribution is 7.13. The third-order valence-electron chi connectivity index (χ3n) is 1.60. The van der Waals surface area contributed by atoms with Gasteiger partial charge in [0.25, 0.3) is 0 Å². The van der Waals surface area contributed by atoms with Crippen LogP contribution in [0.3, 0.4) is 0 Å². The molecular formula is C7H7ClN4S. The largest absolute Gasteiger partial charge is 0.278 e. The molecule has 0 fully saturated rings. The number of hydrogen-bond acceptors (Lipinski definition) is 4. The molecule has 0 amide bonds. The van der Waals surface area contributed by atoms with E-state index in [1.165, 1.54) is 11.3 Å². The zero-order valence-corrected chi connectivity index (χ0v) is 8.51. The molecule has 68 valence electrons. The summed E-state index contributed by atoms with van der Waals surface area (Å²) in [7, 11) is 0. The van der Waals surface area contributed by atoms with Gasteiger partial charge in [0.1, 0.15) is 10.8 Å². The quantitative estimate of drug-likeness (QED) is 0.716. The van der Waals surface area contributed by atoms with Gasteiger partial charge in [0.05, 0.1) is 5.88 Å². The smallest absolute Gasteiger partial charge is 0.217 e. The second-order valence-corrected chi connectivity index (χ2v) is 3.76. The Morgan fingerprint density at radius 1 is 1.54 bits per heavy atom. The number of halogens is 1. The van der Waals surface area contributed by atoms with Crippen molar-refractivity contribution in [2.75, 3.05) is 0 Å². The summed E-state index contributed by atoms with van der Waals surface area (Å²) in [4.78, 5) is 4.10. The van der Waals surface area contributed by atoms with Gasteiger partial charge in [-0.3, -0.25) is 4.57 Å². The normalized spacial score (nSPS) is 10.6. The van der Waals surface area contributed by atoms with Gasteiger partial charge >= 0.3 is 0 Å². The summed E-state index contributed by atoms with van der Waals surface area (Å²) < 4.78 is 1.88. The molecule has 0 radical (unpaired) electrons. The lowest BCUT2D eigenvalue weighted by Crippen LogP contribution is -1.93. The van der Waals surface area contributed by atoms with Crippen molar-refractivity contribution < 1.29 is 0 Å². The van der Waals surface area contributed by atoms with Gasteiger partial charge in [0, 0.05) is 12.4 Å². The van der Waals surface area contributed by atoms with Crippen LogP contribution in [-0.2, 0) is 5.88 Å². The molecule has 0 N–H and O–H groups in total. The minimum absolute atomic E-state index is 0.408. The molecule has 2 aromatic rings. The average molecular weight is 215 g/mol. The van der Waals surface area contributed by atoms with Crippen LogP contribution in [0, 0.1) is 6.92 Å². The average Bonchev–Trinajstić information content (AvgIpc) is 2.71. The van der Waals surface area contributed by atoms with E-state index in [9.17, 15) is 0 Å². The lowest BCUT2D eigenvalue weighted by atomic mass is 10.7. The summed E-state index contributed by atoms with van der Waals surface area (Å²) in [6.07, 6.45) is 3.59. The molecule has 0 saturated carbocycles. The van der Waals surface area contributed by atoms with Crippen molar-refractivity contribution in [2.24, 2.45) is 0 Å². The fourth-order valence-corrected chi connectivity index (χ4v) is 1.91. The number of hydrogen-bond donors (Lipinski definition) is 0. The number of aryl methyl sites for hydroxylation is 1. The van der Waals surface area contributed by atoms with Crippen LogP contribution < -0.4 is 0 Å². The van der Waals surface area contributed by atoms with E-state index in [-0.39, 0.29) is 0 Å². The van der Waals surface area contributed by atoms with E-state index in [1.807, 2.05) is 17.7 Å². The van der Waals surface area contributed by atoms with Crippen molar-refractivity contribution in [1.82, 2.24) is 19.7 Å². The molecule has 4 nitrogen and oxygen atoms in total. The molecule has 0 atom stereocenters. The second-order valence-electron chi connectivity index (χ2n) is 2.46. The van der Waals surface area contributed by atoms with Gasteiger partial charge in [-0.2, -0.15) is 0 Å². The van der Waals surface area contributed by atoms with Crippen molar-refractivity contribution >= 4 is 22.9 Å². The summed E-state index contributed by atoms with van der Waals surface area (Å²) in [5.41, 5.74) is 0. The maximum atomic E-state index is 5.62. The van der Waals surface area contributed by atoms with E-state index in [4.69, 9.17) is 11.6 Å². The molecule has 0 spiro atoms. The van der Waals surface area contributed by atoms with Crippen LogP contribution in [0.1, 0.15) is 10.8 Å². The zero-order valence-electron chi connectivity index (χ0n) is 6.94. The first kappa shape index (κ1) is 8.65. The first-order valence-corrected chi connectivity index (χ1v) is 5.05. The van der Waals surface area contributed by atoms with Crippen molar-refractivity contribution in [2.45, 2.75) is 12.8 Å². The summed E-state index contributed by atoms with van der Waals surface area (Å²) >= 11 is 7.10. The van der Waals surface area contributed by atoms with Crippen LogP contribution in [0.4, 0.5) is 0 Å². The minimum Gasteiger partial charge on any atom is -0.278 e. The highest BCUT2D eigenvalue weighted by Gasteiger charge is 2.06. The van der Waals surface area contributed by atoms with E-state index in [0.717, 1.165) is 16.0 Å². The molecule has 0 aliphatic rings. The molecule has 6 heteroatoms. The Labute approximate surface area is 84.2 Å². The Bertz CT molecular complexity index is 408. The van der Waals surface area contributed by atoms with E-state index >= 15 is 0 Å². The lowest BCUT2D eigenvalue weighted by Gasteiger charge is -1.95. The Hall–Kier alpha value is -0.940. The Kier molecular flexibility index (Phi) is 2.28. The Balaban J connectivity index is 2.41. The molecule has 0 aliphatic heterocycles. The standard InChI is InChI=1S/C7H7ClN4S/c1-5-9-2-3-12(5)7-11-10-6(4-8)13-7/h2-3H,4H2,1H3. The minimum atomic E-state index is 0.408. The maximum Gasteiger partial charge on any atom is 0.217 e. The molecule has 0 bridgehead atoms. The van der Waals surface area contributed by atoms with Gasteiger partial charge in [0.2, 0.25) is 5.13 Å².